The average molecular weight is 442 g/mol. The van der Waals surface area contributed by atoms with Crippen molar-refractivity contribution in [2.75, 3.05) is 5.32 Å². The first-order valence-corrected chi connectivity index (χ1v) is 8.37. The second-order valence-electron chi connectivity index (χ2n) is 4.26. The lowest BCUT2D eigenvalue weighted by atomic mass is 10.3. The largest absolute Gasteiger partial charge is 0.378 e. The van der Waals surface area contributed by atoms with Crippen LogP contribution in [0.4, 0.5) is 5.69 Å². The van der Waals surface area contributed by atoms with Crippen LogP contribution < -0.4 is 5.32 Å². The zero-order chi connectivity index (χ0) is 14.9. The fourth-order valence-corrected chi connectivity index (χ4v) is 3.45. The Hall–Kier alpha value is -0.230. The number of benzene rings is 1. The van der Waals surface area contributed by atoms with Crippen LogP contribution in [0, 0.1) is 0 Å². The Balaban J connectivity index is 2.21. The molecule has 0 amide bonds. The Morgan fingerprint density at radius 1 is 1.25 bits per heavy atom. The maximum Gasteiger partial charge on any atom is 0.0835 e. The van der Waals surface area contributed by atoms with E-state index in [1.807, 2.05) is 23.9 Å². The van der Waals surface area contributed by atoms with Gasteiger partial charge in [-0.05, 0) is 50.4 Å². The van der Waals surface area contributed by atoms with Crippen LogP contribution in [-0.4, -0.2) is 9.78 Å². The summed E-state index contributed by atoms with van der Waals surface area (Å²) in [7, 11) is 1.93. The van der Waals surface area contributed by atoms with Gasteiger partial charge < -0.3 is 5.32 Å². The van der Waals surface area contributed by atoms with Crippen molar-refractivity contribution in [1.29, 1.82) is 0 Å². The molecule has 0 atom stereocenters. The van der Waals surface area contributed by atoms with E-state index in [0.29, 0.717) is 16.6 Å². The molecule has 0 bridgehead atoms. The summed E-state index contributed by atoms with van der Waals surface area (Å²) in [4.78, 5) is 0. The summed E-state index contributed by atoms with van der Waals surface area (Å²) in [6.07, 6.45) is 0.888. The molecule has 3 nitrogen and oxygen atoms in total. The second kappa shape index (κ2) is 6.69. The third kappa shape index (κ3) is 3.16. The quantitative estimate of drug-likeness (QED) is 0.641. The fraction of sp³-hybridized carbons (Fsp3) is 0.308. The van der Waals surface area contributed by atoms with Gasteiger partial charge in [0.2, 0.25) is 0 Å². The van der Waals surface area contributed by atoms with Crippen LogP contribution in [0.25, 0.3) is 0 Å². The highest BCUT2D eigenvalue weighted by Crippen LogP contribution is 2.36. The van der Waals surface area contributed by atoms with Gasteiger partial charge in [-0.1, -0.05) is 30.1 Å². The number of hydrogen-bond donors (Lipinski definition) is 1. The highest BCUT2D eigenvalue weighted by molar-refractivity contribution is 9.10. The summed E-state index contributed by atoms with van der Waals surface area (Å²) < 4.78 is 3.68. The Labute approximate surface area is 144 Å². The van der Waals surface area contributed by atoms with E-state index in [-0.39, 0.29) is 0 Å². The van der Waals surface area contributed by atoms with Crippen LogP contribution in [0.2, 0.25) is 10.0 Å². The van der Waals surface area contributed by atoms with Gasteiger partial charge in [0.25, 0.3) is 0 Å². The molecule has 2 rings (SSSR count). The van der Waals surface area contributed by atoms with Crippen molar-refractivity contribution in [3.8, 4) is 0 Å². The van der Waals surface area contributed by atoms with E-state index >= 15 is 0 Å². The average Bonchev–Trinajstić information content (AvgIpc) is 2.70. The zero-order valence-corrected chi connectivity index (χ0v) is 15.7. The third-order valence-electron chi connectivity index (χ3n) is 2.98. The van der Waals surface area contributed by atoms with E-state index in [2.05, 4.69) is 49.2 Å². The van der Waals surface area contributed by atoms with E-state index in [4.69, 9.17) is 23.2 Å². The minimum absolute atomic E-state index is 0.509. The van der Waals surface area contributed by atoms with Gasteiger partial charge in [-0.3, -0.25) is 4.68 Å². The van der Waals surface area contributed by atoms with Crippen molar-refractivity contribution in [1.82, 2.24) is 9.78 Å². The third-order valence-corrected chi connectivity index (χ3v) is 5.67. The number of hydrogen-bond acceptors (Lipinski definition) is 2. The molecule has 0 unspecified atom stereocenters. The van der Waals surface area contributed by atoms with Gasteiger partial charge >= 0.3 is 0 Å². The molecule has 0 radical (unpaired) electrons. The molecule has 0 aliphatic rings. The normalized spacial score (nSPS) is 10.9. The number of nitrogens with zero attached hydrogens (tertiary/aromatic N) is 2. The molecule has 20 heavy (non-hydrogen) atoms. The molecule has 0 aliphatic heterocycles. The van der Waals surface area contributed by atoms with Crippen molar-refractivity contribution in [3.05, 3.63) is 42.5 Å². The van der Waals surface area contributed by atoms with Gasteiger partial charge in [0.05, 0.1) is 38.1 Å². The molecule has 0 spiro atoms. The molecule has 0 saturated heterocycles. The van der Waals surface area contributed by atoms with Gasteiger partial charge in [-0.15, -0.1) is 0 Å². The van der Waals surface area contributed by atoms with Crippen molar-refractivity contribution >= 4 is 60.7 Å². The summed E-state index contributed by atoms with van der Waals surface area (Å²) in [5.74, 6) is 0. The molecule has 1 N–H and O–H groups in total. The number of aromatic nitrogens is 2. The lowest BCUT2D eigenvalue weighted by molar-refractivity contribution is 0.706. The summed E-state index contributed by atoms with van der Waals surface area (Å²) in [6, 6.07) is 3.76. The van der Waals surface area contributed by atoms with Crippen molar-refractivity contribution < 1.29 is 0 Å². The zero-order valence-electron chi connectivity index (χ0n) is 11.0. The van der Waals surface area contributed by atoms with E-state index in [1.165, 1.54) is 0 Å². The van der Waals surface area contributed by atoms with E-state index < -0.39 is 0 Å². The van der Waals surface area contributed by atoms with Crippen LogP contribution in [0.5, 0.6) is 0 Å². The molecular weight excluding hydrogens is 429 g/mol. The monoisotopic (exact) mass is 439 g/mol. The van der Waals surface area contributed by atoms with Crippen molar-refractivity contribution in [3.63, 3.8) is 0 Å². The molecule has 0 aliphatic carbocycles. The number of rotatable bonds is 4. The minimum atomic E-state index is 0.509. The molecule has 108 valence electrons. The second-order valence-corrected chi connectivity index (χ2v) is 6.66. The standard InChI is InChI=1S/C13H13Br2Cl2N3/c1-3-8-11(15)10(20(2)19-8)6-18-9-5-4-7(14)12(16)13(9)17/h4-5,18H,3,6H2,1-2H3. The van der Waals surface area contributed by atoms with Gasteiger partial charge in [0, 0.05) is 11.5 Å². The molecule has 0 saturated carbocycles. The van der Waals surface area contributed by atoms with E-state index in [0.717, 1.165) is 32.4 Å². The minimum Gasteiger partial charge on any atom is -0.378 e. The van der Waals surface area contributed by atoms with E-state index in [9.17, 15) is 0 Å². The highest BCUT2D eigenvalue weighted by Gasteiger charge is 2.13. The number of halogens is 4. The van der Waals surface area contributed by atoms with Crippen LogP contribution in [0.1, 0.15) is 18.3 Å². The maximum absolute atomic E-state index is 6.22. The molecule has 1 heterocycles. The topological polar surface area (TPSA) is 29.9 Å². The Morgan fingerprint density at radius 2 is 1.95 bits per heavy atom. The molecular formula is C13H13Br2Cl2N3. The fourth-order valence-electron chi connectivity index (χ4n) is 1.85. The van der Waals surface area contributed by atoms with E-state index in [1.54, 1.807) is 0 Å². The van der Waals surface area contributed by atoms with Crippen LogP contribution in [0.15, 0.2) is 21.1 Å². The Bertz CT molecular complexity index is 641. The summed E-state index contributed by atoms with van der Waals surface area (Å²) in [5, 5.41) is 8.77. The van der Waals surface area contributed by atoms with Gasteiger partial charge in [-0.25, -0.2) is 0 Å². The Morgan fingerprint density at radius 3 is 2.55 bits per heavy atom. The first-order valence-electron chi connectivity index (χ1n) is 6.03. The Kier molecular flexibility index (Phi) is 5.40. The lowest BCUT2D eigenvalue weighted by Crippen LogP contribution is -2.06. The predicted molar refractivity (Wildman–Crippen MR) is 91.8 cm³/mol. The summed E-state index contributed by atoms with van der Waals surface area (Å²) in [6.45, 7) is 2.69. The van der Waals surface area contributed by atoms with Gasteiger partial charge in [0.15, 0.2) is 0 Å². The van der Waals surface area contributed by atoms with Crippen molar-refractivity contribution in [2.24, 2.45) is 7.05 Å². The lowest BCUT2D eigenvalue weighted by Gasteiger charge is -2.11. The first-order chi connectivity index (χ1) is 9.45. The number of anilines is 1. The molecule has 0 fully saturated rings. The smallest absolute Gasteiger partial charge is 0.0835 e. The summed E-state index contributed by atoms with van der Waals surface area (Å²) >= 11 is 19.3. The van der Waals surface area contributed by atoms with Crippen LogP contribution in [0.3, 0.4) is 0 Å². The summed E-state index contributed by atoms with van der Waals surface area (Å²) in [5.41, 5.74) is 2.91. The SMILES string of the molecule is CCc1nn(C)c(CNc2ccc(Br)c(Cl)c2Cl)c1Br. The maximum atomic E-state index is 6.22. The number of nitrogens with one attached hydrogen (secondary N) is 1. The predicted octanol–water partition coefficient (Wildman–Crippen LogP) is 5.43. The van der Waals surface area contributed by atoms with Crippen LogP contribution in [-0.2, 0) is 20.0 Å². The molecule has 7 heteroatoms. The molecule has 1 aromatic carbocycles. The van der Waals surface area contributed by atoms with Crippen LogP contribution >= 0.6 is 55.1 Å². The molecule has 2 aromatic rings. The van der Waals surface area contributed by atoms with Crippen molar-refractivity contribution in [2.45, 2.75) is 19.9 Å². The van der Waals surface area contributed by atoms with Gasteiger partial charge in [-0.2, -0.15) is 5.10 Å². The van der Waals surface area contributed by atoms with Gasteiger partial charge in [0.1, 0.15) is 0 Å². The molecule has 1 aromatic heterocycles. The highest BCUT2D eigenvalue weighted by atomic mass is 79.9. The first kappa shape index (κ1) is 16.1. The number of aryl methyl sites for hydroxylation is 2.